The molecule has 1 atom stereocenters. The maximum atomic E-state index is 12.6. The van der Waals surface area contributed by atoms with Gasteiger partial charge in [-0.25, -0.2) is 9.59 Å². The van der Waals surface area contributed by atoms with Gasteiger partial charge in [-0.1, -0.05) is 42.5 Å². The summed E-state index contributed by atoms with van der Waals surface area (Å²) in [6.07, 6.45) is 0.154. The Hall–Kier alpha value is -3.68. The fourth-order valence-electron chi connectivity index (χ4n) is 2.90. The Morgan fingerprint density at radius 3 is 1.82 bits per heavy atom. The van der Waals surface area contributed by atoms with Crippen molar-refractivity contribution in [2.24, 2.45) is 5.73 Å². The lowest BCUT2D eigenvalue weighted by molar-refractivity contribution is -0.144. The van der Waals surface area contributed by atoms with Crippen molar-refractivity contribution >= 4 is 30.3 Å². The van der Waals surface area contributed by atoms with Gasteiger partial charge in [0.05, 0.1) is 17.7 Å². The van der Waals surface area contributed by atoms with Gasteiger partial charge in [0.25, 0.3) is 0 Å². The summed E-state index contributed by atoms with van der Waals surface area (Å²) in [6, 6.07) is 20.6. The second-order valence-electron chi connectivity index (χ2n) is 6.85. The summed E-state index contributed by atoms with van der Waals surface area (Å²) in [4.78, 5) is 37.0. The van der Waals surface area contributed by atoms with E-state index in [0.717, 1.165) is 0 Å². The van der Waals surface area contributed by atoms with Crippen LogP contribution in [0.25, 0.3) is 0 Å². The molecule has 0 unspecified atom stereocenters. The zero-order valence-corrected chi connectivity index (χ0v) is 18.7. The van der Waals surface area contributed by atoms with Crippen LogP contribution in [0, 0.1) is 0 Å². The highest BCUT2D eigenvalue weighted by molar-refractivity contribution is 5.93. The van der Waals surface area contributed by atoms with Crippen molar-refractivity contribution in [3.63, 3.8) is 0 Å². The molecule has 0 saturated heterocycles. The Morgan fingerprint density at radius 2 is 1.30 bits per heavy atom. The molecule has 0 amide bonds. The molecular formula is C25H24ClNO6. The number of nitrogens with two attached hydrogens (primary N) is 1. The molecule has 0 saturated carbocycles. The van der Waals surface area contributed by atoms with E-state index in [9.17, 15) is 14.4 Å². The topological polar surface area (TPSA) is 105 Å². The Morgan fingerprint density at radius 1 is 0.788 bits per heavy atom. The molecule has 0 heterocycles. The Balaban J connectivity index is 0.00000385. The molecule has 2 N–H and O–H groups in total. The summed E-state index contributed by atoms with van der Waals surface area (Å²) in [5.41, 5.74) is 7.20. The van der Waals surface area contributed by atoms with Crippen molar-refractivity contribution in [3.05, 3.63) is 95.6 Å². The van der Waals surface area contributed by atoms with E-state index < -0.39 is 23.9 Å². The zero-order valence-electron chi connectivity index (χ0n) is 17.9. The molecular weight excluding hydrogens is 446 g/mol. The van der Waals surface area contributed by atoms with Crippen molar-refractivity contribution in [3.8, 4) is 11.5 Å². The molecule has 3 rings (SSSR count). The molecule has 3 aromatic rings. The largest absolute Gasteiger partial charge is 0.465 e. The van der Waals surface area contributed by atoms with Crippen molar-refractivity contribution in [1.82, 2.24) is 0 Å². The first kappa shape index (κ1) is 25.6. The molecule has 0 aromatic heterocycles. The number of carbonyl (C=O) groups is 3. The first-order valence-electron chi connectivity index (χ1n) is 10.1. The minimum atomic E-state index is -0.884. The molecule has 0 aliphatic rings. The third kappa shape index (κ3) is 7.17. The van der Waals surface area contributed by atoms with Gasteiger partial charge in [0.15, 0.2) is 11.5 Å². The van der Waals surface area contributed by atoms with E-state index in [4.69, 9.17) is 19.9 Å². The van der Waals surface area contributed by atoms with Crippen LogP contribution in [-0.2, 0) is 16.0 Å². The lowest BCUT2D eigenvalue weighted by Crippen LogP contribution is -2.34. The molecule has 8 heteroatoms. The molecule has 0 aliphatic carbocycles. The van der Waals surface area contributed by atoms with Gasteiger partial charge in [0.1, 0.15) is 6.04 Å². The number of hydrogen-bond acceptors (Lipinski definition) is 7. The molecule has 33 heavy (non-hydrogen) atoms. The van der Waals surface area contributed by atoms with Gasteiger partial charge in [0, 0.05) is 0 Å². The van der Waals surface area contributed by atoms with Crippen LogP contribution >= 0.6 is 12.4 Å². The van der Waals surface area contributed by atoms with Gasteiger partial charge in [-0.15, -0.1) is 12.4 Å². The summed E-state index contributed by atoms with van der Waals surface area (Å²) in [5, 5.41) is 0. The van der Waals surface area contributed by atoms with E-state index in [1.165, 1.54) is 12.1 Å². The number of rotatable bonds is 8. The Labute approximate surface area is 197 Å². The second kappa shape index (κ2) is 12.4. The monoisotopic (exact) mass is 469 g/mol. The zero-order chi connectivity index (χ0) is 22.9. The molecule has 0 fully saturated rings. The van der Waals surface area contributed by atoms with Crippen LogP contribution in [0.2, 0.25) is 0 Å². The lowest BCUT2D eigenvalue weighted by atomic mass is 10.1. The predicted octanol–water partition coefficient (Wildman–Crippen LogP) is 3.98. The highest BCUT2D eigenvalue weighted by Crippen LogP contribution is 2.30. The second-order valence-corrected chi connectivity index (χ2v) is 6.85. The first-order valence-corrected chi connectivity index (χ1v) is 10.1. The minimum absolute atomic E-state index is 0. The van der Waals surface area contributed by atoms with Crippen LogP contribution in [-0.4, -0.2) is 30.6 Å². The number of esters is 3. The van der Waals surface area contributed by atoms with Gasteiger partial charge in [-0.05, 0) is 55.3 Å². The molecule has 0 radical (unpaired) electrons. The number of ether oxygens (including phenoxy) is 3. The maximum Gasteiger partial charge on any atom is 0.343 e. The molecule has 7 nitrogen and oxygen atoms in total. The fourth-order valence-corrected chi connectivity index (χ4v) is 2.90. The van der Waals surface area contributed by atoms with E-state index >= 15 is 0 Å². The van der Waals surface area contributed by atoms with Crippen LogP contribution in [0.1, 0.15) is 33.2 Å². The van der Waals surface area contributed by atoms with E-state index in [-0.39, 0.29) is 36.9 Å². The van der Waals surface area contributed by atoms with E-state index in [2.05, 4.69) is 0 Å². The molecule has 3 aromatic carbocycles. The summed E-state index contributed by atoms with van der Waals surface area (Å²) >= 11 is 0. The fraction of sp³-hybridized carbons (Fsp3) is 0.160. The molecule has 172 valence electrons. The Kier molecular flexibility index (Phi) is 9.60. The highest BCUT2D eigenvalue weighted by Gasteiger charge is 2.20. The molecule has 0 aliphatic heterocycles. The lowest BCUT2D eigenvalue weighted by Gasteiger charge is -2.14. The highest BCUT2D eigenvalue weighted by atomic mass is 35.5. The van der Waals surface area contributed by atoms with Gasteiger partial charge >= 0.3 is 17.9 Å². The van der Waals surface area contributed by atoms with Crippen molar-refractivity contribution in [2.45, 2.75) is 19.4 Å². The first-order chi connectivity index (χ1) is 15.5. The normalized spacial score (nSPS) is 11.0. The van der Waals surface area contributed by atoms with Crippen LogP contribution in [0.4, 0.5) is 0 Å². The quantitative estimate of drug-likeness (QED) is 0.393. The van der Waals surface area contributed by atoms with Gasteiger partial charge in [-0.2, -0.15) is 0 Å². The van der Waals surface area contributed by atoms with Gasteiger partial charge in [-0.3, -0.25) is 4.79 Å². The summed E-state index contributed by atoms with van der Waals surface area (Å²) in [7, 11) is 0. The molecule has 0 spiro atoms. The Bertz CT molecular complexity index is 1090. The number of halogens is 1. The minimum Gasteiger partial charge on any atom is -0.465 e. The summed E-state index contributed by atoms with van der Waals surface area (Å²) < 4.78 is 15.9. The third-order valence-corrected chi connectivity index (χ3v) is 4.48. The van der Waals surface area contributed by atoms with Crippen molar-refractivity contribution in [1.29, 1.82) is 0 Å². The predicted molar refractivity (Wildman–Crippen MR) is 125 cm³/mol. The van der Waals surface area contributed by atoms with Crippen LogP contribution < -0.4 is 15.2 Å². The maximum absolute atomic E-state index is 12.6. The standard InChI is InChI=1S/C25H23NO6.ClH/c1-2-30-25(29)20(26)15-17-13-14-21(31-23(27)18-9-5-3-6-10-18)22(16-17)32-24(28)19-11-7-4-8-12-19;/h3-14,16,20H,2,15,26H2,1H3;1H/t20-;/m0./s1. The van der Waals surface area contributed by atoms with Gasteiger partial charge < -0.3 is 19.9 Å². The smallest absolute Gasteiger partial charge is 0.343 e. The van der Waals surface area contributed by atoms with E-state index in [1.54, 1.807) is 73.7 Å². The van der Waals surface area contributed by atoms with Crippen LogP contribution in [0.5, 0.6) is 11.5 Å². The molecule has 0 bridgehead atoms. The van der Waals surface area contributed by atoms with Gasteiger partial charge in [0.2, 0.25) is 0 Å². The van der Waals surface area contributed by atoms with E-state index in [1.807, 2.05) is 0 Å². The average Bonchev–Trinajstić information content (AvgIpc) is 2.82. The SMILES string of the molecule is CCOC(=O)[C@@H](N)Cc1ccc(OC(=O)c2ccccc2)c(OC(=O)c2ccccc2)c1.Cl. The van der Waals surface area contributed by atoms with E-state index in [0.29, 0.717) is 16.7 Å². The van der Waals surface area contributed by atoms with Crippen LogP contribution in [0.3, 0.4) is 0 Å². The average molecular weight is 470 g/mol. The number of benzene rings is 3. The third-order valence-electron chi connectivity index (χ3n) is 4.48. The van der Waals surface area contributed by atoms with Crippen molar-refractivity contribution < 1.29 is 28.6 Å². The van der Waals surface area contributed by atoms with Crippen molar-refractivity contribution in [2.75, 3.05) is 6.61 Å². The van der Waals surface area contributed by atoms with Crippen LogP contribution in [0.15, 0.2) is 78.9 Å². The summed E-state index contributed by atoms with van der Waals surface area (Å²) in [5.74, 6) is -1.64. The summed E-state index contributed by atoms with van der Waals surface area (Å²) in [6.45, 7) is 1.92. The number of carbonyl (C=O) groups excluding carboxylic acids is 3. The number of hydrogen-bond donors (Lipinski definition) is 1.